The molecule has 0 radical (unpaired) electrons. The zero-order valence-electron chi connectivity index (χ0n) is 55.9. The van der Waals surface area contributed by atoms with Crippen LogP contribution < -0.4 is 0 Å². The fraction of sp³-hybridized carbons (Fsp3) is 0.450. The fourth-order valence-corrected chi connectivity index (χ4v) is 12.3. The van der Waals surface area contributed by atoms with E-state index in [0.717, 1.165) is 51.4 Å². The van der Waals surface area contributed by atoms with Crippen molar-refractivity contribution in [1.82, 2.24) is 0 Å². The molecule has 0 bridgehead atoms. The minimum Gasteiger partial charge on any atom is -0.393 e. The summed E-state index contributed by atoms with van der Waals surface area (Å²) in [6.07, 6.45) is 65.2. The first-order valence-corrected chi connectivity index (χ1v) is 30.9. The summed E-state index contributed by atoms with van der Waals surface area (Å²) >= 11 is 0. The molecule has 0 aliphatic heterocycles. The van der Waals surface area contributed by atoms with Crippen molar-refractivity contribution in [3.05, 3.63) is 259 Å². The highest BCUT2D eigenvalue weighted by Crippen LogP contribution is 2.44. The first kappa shape index (κ1) is 72.4. The smallest absolute Gasteiger partial charge is 0.0585 e. The van der Waals surface area contributed by atoms with Crippen molar-refractivity contribution < 1.29 is 20.4 Å². The van der Waals surface area contributed by atoms with Crippen LogP contribution in [0.5, 0.6) is 0 Å². The molecule has 4 unspecified atom stereocenters. The van der Waals surface area contributed by atoms with E-state index >= 15 is 0 Å². The molecule has 4 heteroatoms. The van der Waals surface area contributed by atoms with Crippen molar-refractivity contribution in [3.63, 3.8) is 0 Å². The van der Waals surface area contributed by atoms with Crippen LogP contribution in [0.3, 0.4) is 0 Å². The summed E-state index contributed by atoms with van der Waals surface area (Å²) in [7, 11) is 0. The molecule has 4 aliphatic carbocycles. The predicted molar refractivity (Wildman–Crippen MR) is 368 cm³/mol. The predicted octanol–water partition coefficient (Wildman–Crippen LogP) is 21.1. The van der Waals surface area contributed by atoms with Crippen molar-refractivity contribution in [2.24, 2.45) is 21.7 Å². The third kappa shape index (κ3) is 26.2. The number of hydrogen-bond acceptors (Lipinski definition) is 4. The van der Waals surface area contributed by atoms with Crippen molar-refractivity contribution in [2.75, 3.05) is 0 Å². The topological polar surface area (TPSA) is 80.9 Å². The summed E-state index contributed by atoms with van der Waals surface area (Å²) in [5, 5.41) is 40.4. The van der Waals surface area contributed by atoms with Gasteiger partial charge in [0.05, 0.1) is 24.4 Å². The van der Waals surface area contributed by atoms with Crippen LogP contribution in [-0.2, 0) is 0 Å². The average molecular weight is 1140 g/mol. The number of rotatable bonds is 20. The van der Waals surface area contributed by atoms with Crippen molar-refractivity contribution in [1.29, 1.82) is 0 Å². The molecular weight excluding hydrogens is 1020 g/mol. The van der Waals surface area contributed by atoms with Gasteiger partial charge in [-0.25, -0.2) is 0 Å². The van der Waals surface area contributed by atoms with Crippen LogP contribution in [-0.4, -0.2) is 44.8 Å². The van der Waals surface area contributed by atoms with Gasteiger partial charge in [-0.1, -0.05) is 292 Å². The zero-order valence-corrected chi connectivity index (χ0v) is 55.9. The first-order valence-electron chi connectivity index (χ1n) is 30.9. The summed E-state index contributed by atoms with van der Waals surface area (Å²) in [5.74, 6) is 0. The van der Waals surface area contributed by atoms with Crippen LogP contribution in [0.2, 0.25) is 0 Å². The van der Waals surface area contributed by atoms with Gasteiger partial charge in [-0.3, -0.25) is 0 Å². The summed E-state index contributed by atoms with van der Waals surface area (Å²) in [6.45, 7) is 43.2. The minimum atomic E-state index is -0.227. The Labute approximate surface area is 513 Å². The van der Waals surface area contributed by atoms with Crippen molar-refractivity contribution in [3.8, 4) is 0 Å². The molecule has 4 nitrogen and oxygen atoms in total. The standard InChI is InChI=1S/2C40H56O2/c2*1-29(17-13-19-31(3)21-23-37-33(5)25-35(41)27-39(37,7)8)15-11-12-16-30(2)18-14-20-32(4)22-24-38-34(6)26-36(42)28-40(38,9)10/h2*11-24,35-36,41-42H,25-28H2,1-10H3/b2*12-11+,17-13+,18-14+,23-21+,24-22+,29-15+,30-16+,31-19+,32-20+. The molecule has 4 rings (SSSR count). The van der Waals surface area contributed by atoms with E-state index in [-0.39, 0.29) is 46.1 Å². The van der Waals surface area contributed by atoms with Gasteiger partial charge in [0.2, 0.25) is 0 Å². The molecule has 84 heavy (non-hydrogen) atoms. The Morgan fingerprint density at radius 3 is 0.595 bits per heavy atom. The van der Waals surface area contributed by atoms with Gasteiger partial charge < -0.3 is 20.4 Å². The van der Waals surface area contributed by atoms with Gasteiger partial charge in [-0.2, -0.15) is 0 Å². The van der Waals surface area contributed by atoms with Gasteiger partial charge in [0.15, 0.2) is 0 Å². The summed E-state index contributed by atoms with van der Waals surface area (Å²) in [4.78, 5) is 0. The van der Waals surface area contributed by atoms with Crippen LogP contribution in [0, 0.1) is 21.7 Å². The Morgan fingerprint density at radius 1 is 0.274 bits per heavy atom. The summed E-state index contributed by atoms with van der Waals surface area (Å²) < 4.78 is 0. The molecule has 4 atom stereocenters. The normalized spacial score (nSPS) is 25.0. The van der Waals surface area contributed by atoms with E-state index in [1.165, 1.54) is 89.2 Å². The third-order valence-corrected chi connectivity index (χ3v) is 16.5. The first-order chi connectivity index (χ1) is 39.2. The Bertz CT molecular complexity index is 2580. The second-order valence-electron chi connectivity index (χ2n) is 27.4. The quantitative estimate of drug-likeness (QED) is 0.0916. The SMILES string of the molecule is CC1=C(/C=C/C(C)=C/C=C/C(C)=C/C=C/C=C(C)/C=C/C=C(C)/C=C/C2=C(C)CC(O)CC2(C)C)C(C)(C)CC(O)C1.CC1=C(/C=C/C(C)=C/C=C/C(C)=C/C=C/C=C(C)/C=C/C=C(C)/C=C/C2=C(C)CC(O)CC2(C)C)C(C)(C)CC(O)C1. The second kappa shape index (κ2) is 34.3. The highest BCUT2D eigenvalue weighted by Gasteiger charge is 2.34. The Balaban J connectivity index is 0.000000440. The lowest BCUT2D eigenvalue weighted by Gasteiger charge is -2.35. The molecule has 0 aromatic heterocycles. The molecule has 0 aromatic rings. The minimum absolute atomic E-state index is 0.00547. The van der Waals surface area contributed by atoms with Crippen LogP contribution in [0.15, 0.2) is 259 Å². The largest absolute Gasteiger partial charge is 0.393 e. The van der Waals surface area contributed by atoms with E-state index in [9.17, 15) is 20.4 Å². The van der Waals surface area contributed by atoms with Gasteiger partial charge >= 0.3 is 0 Å². The molecule has 0 fully saturated rings. The van der Waals surface area contributed by atoms with E-state index in [4.69, 9.17) is 0 Å². The highest BCUT2D eigenvalue weighted by molar-refractivity contribution is 5.42. The molecule has 0 amide bonds. The van der Waals surface area contributed by atoms with Gasteiger partial charge in [-0.15, -0.1) is 0 Å². The number of allylic oxidation sites excluding steroid dienone is 40. The monoisotopic (exact) mass is 1140 g/mol. The maximum atomic E-state index is 10.1. The van der Waals surface area contributed by atoms with E-state index in [1.54, 1.807) is 0 Å². The Kier molecular flexibility index (Phi) is 29.6. The van der Waals surface area contributed by atoms with E-state index in [0.29, 0.717) is 0 Å². The van der Waals surface area contributed by atoms with Gasteiger partial charge in [-0.05, 0) is 178 Å². The number of aliphatic hydroxyl groups is 4. The summed E-state index contributed by atoms with van der Waals surface area (Å²) in [6, 6.07) is 0. The molecule has 0 saturated heterocycles. The van der Waals surface area contributed by atoms with Crippen LogP contribution >= 0.6 is 0 Å². The molecule has 4 N–H and O–H groups in total. The third-order valence-electron chi connectivity index (χ3n) is 16.5. The van der Waals surface area contributed by atoms with Crippen molar-refractivity contribution >= 4 is 0 Å². The van der Waals surface area contributed by atoms with E-state index in [1.807, 2.05) is 0 Å². The lowest BCUT2D eigenvalue weighted by molar-refractivity contribution is 0.116. The van der Waals surface area contributed by atoms with Crippen molar-refractivity contribution in [2.45, 2.75) is 214 Å². The molecule has 4 aliphatic rings. The maximum absolute atomic E-state index is 10.1. The Hall–Kier alpha value is -5.88. The second-order valence-corrected chi connectivity index (χ2v) is 27.4. The zero-order chi connectivity index (χ0) is 63.0. The van der Waals surface area contributed by atoms with Gasteiger partial charge in [0, 0.05) is 0 Å². The van der Waals surface area contributed by atoms with Crippen LogP contribution in [0.4, 0.5) is 0 Å². The summed E-state index contributed by atoms with van der Waals surface area (Å²) in [5.41, 5.74) is 20.1. The van der Waals surface area contributed by atoms with Gasteiger partial charge in [0.25, 0.3) is 0 Å². The lowest BCUT2D eigenvalue weighted by atomic mass is 9.71. The van der Waals surface area contributed by atoms with Gasteiger partial charge in [0.1, 0.15) is 0 Å². The molecule has 456 valence electrons. The number of aliphatic hydroxyl groups excluding tert-OH is 4. The van der Waals surface area contributed by atoms with E-state index in [2.05, 4.69) is 309 Å². The molecule has 0 aromatic carbocycles. The Morgan fingerprint density at radius 2 is 0.429 bits per heavy atom. The van der Waals surface area contributed by atoms with Crippen LogP contribution in [0.1, 0.15) is 190 Å². The maximum Gasteiger partial charge on any atom is 0.0585 e. The lowest BCUT2D eigenvalue weighted by Crippen LogP contribution is -2.28. The molecule has 0 heterocycles. The van der Waals surface area contributed by atoms with Crippen LogP contribution in [0.25, 0.3) is 0 Å². The number of hydrogen-bond donors (Lipinski definition) is 4. The highest BCUT2D eigenvalue weighted by atomic mass is 16.3. The van der Waals surface area contributed by atoms with E-state index < -0.39 is 0 Å². The molecule has 0 spiro atoms. The molecular formula is C80H112O4. The fourth-order valence-electron chi connectivity index (χ4n) is 12.3. The molecule has 0 saturated carbocycles. The average Bonchev–Trinajstić information content (AvgIpc) is 3.38.